The molecule has 0 atom stereocenters. The number of aromatic nitrogens is 2. The van der Waals surface area contributed by atoms with Crippen molar-refractivity contribution < 1.29 is 18.7 Å². The average molecular weight is 354 g/mol. The molecule has 1 aromatic heterocycles. The highest BCUT2D eigenvalue weighted by atomic mass is 19.1. The van der Waals surface area contributed by atoms with Gasteiger partial charge in [-0.3, -0.25) is 4.79 Å². The third kappa shape index (κ3) is 3.30. The SMILES string of the molecule is COC(=O)c1ccccc1CNC(=O)c1nc(N)nc2c(F)cccc12. The van der Waals surface area contributed by atoms with Crippen LogP contribution in [-0.2, 0) is 11.3 Å². The number of methoxy groups -OCH3 is 1. The van der Waals surface area contributed by atoms with E-state index in [0.717, 1.165) is 0 Å². The standard InChI is InChI=1S/C18H15FN4O3/c1-26-17(25)11-6-3-2-5-10(11)9-21-16(24)15-12-7-4-8-13(19)14(12)22-18(20)23-15/h2-8H,9H2,1H3,(H,21,24)(H2,20,22,23). The van der Waals surface area contributed by atoms with Crippen molar-refractivity contribution in [3.63, 3.8) is 0 Å². The first-order chi connectivity index (χ1) is 12.5. The van der Waals surface area contributed by atoms with Crippen molar-refractivity contribution in [2.75, 3.05) is 12.8 Å². The molecule has 0 radical (unpaired) electrons. The Kier molecular flexibility index (Phi) is 4.74. The smallest absolute Gasteiger partial charge is 0.338 e. The van der Waals surface area contributed by atoms with E-state index in [1.165, 1.54) is 25.3 Å². The van der Waals surface area contributed by atoms with Gasteiger partial charge in [0.2, 0.25) is 5.95 Å². The van der Waals surface area contributed by atoms with Crippen LogP contribution in [0, 0.1) is 5.82 Å². The molecule has 0 aliphatic rings. The Morgan fingerprint density at radius 2 is 1.92 bits per heavy atom. The topological polar surface area (TPSA) is 107 Å². The van der Waals surface area contributed by atoms with E-state index in [0.29, 0.717) is 11.1 Å². The van der Waals surface area contributed by atoms with Crippen LogP contribution in [0.2, 0.25) is 0 Å². The van der Waals surface area contributed by atoms with Crippen molar-refractivity contribution >= 4 is 28.7 Å². The number of esters is 1. The molecular weight excluding hydrogens is 339 g/mol. The molecule has 3 N–H and O–H groups in total. The molecule has 1 amide bonds. The number of halogens is 1. The van der Waals surface area contributed by atoms with Crippen LogP contribution in [0.4, 0.5) is 10.3 Å². The zero-order chi connectivity index (χ0) is 18.7. The maximum atomic E-state index is 13.9. The van der Waals surface area contributed by atoms with Crippen molar-refractivity contribution in [3.05, 3.63) is 65.1 Å². The Bertz CT molecular complexity index is 1010. The summed E-state index contributed by atoms with van der Waals surface area (Å²) >= 11 is 0. The van der Waals surface area contributed by atoms with Crippen molar-refractivity contribution in [1.29, 1.82) is 0 Å². The fourth-order valence-electron chi connectivity index (χ4n) is 2.55. The number of amides is 1. The summed E-state index contributed by atoms with van der Waals surface area (Å²) in [4.78, 5) is 32.1. The molecule has 3 rings (SSSR count). The third-order valence-electron chi connectivity index (χ3n) is 3.77. The van der Waals surface area contributed by atoms with E-state index in [2.05, 4.69) is 15.3 Å². The maximum Gasteiger partial charge on any atom is 0.338 e. The van der Waals surface area contributed by atoms with Crippen LogP contribution in [-0.4, -0.2) is 29.0 Å². The number of nitrogens with two attached hydrogens (primary N) is 1. The third-order valence-corrected chi connectivity index (χ3v) is 3.77. The molecule has 0 spiro atoms. The number of carbonyl (C=O) groups excluding carboxylic acids is 2. The van der Waals surface area contributed by atoms with Gasteiger partial charge in [-0.25, -0.2) is 19.2 Å². The summed E-state index contributed by atoms with van der Waals surface area (Å²) in [6, 6.07) is 10.9. The Hall–Kier alpha value is -3.55. The molecule has 8 heteroatoms. The summed E-state index contributed by atoms with van der Waals surface area (Å²) in [6.07, 6.45) is 0. The lowest BCUT2D eigenvalue weighted by atomic mass is 10.1. The van der Waals surface area contributed by atoms with Crippen molar-refractivity contribution in [2.45, 2.75) is 6.54 Å². The van der Waals surface area contributed by atoms with E-state index in [4.69, 9.17) is 10.5 Å². The number of rotatable bonds is 4. The molecule has 0 saturated heterocycles. The second kappa shape index (κ2) is 7.14. The second-order valence-electron chi connectivity index (χ2n) is 5.40. The van der Waals surface area contributed by atoms with Gasteiger partial charge in [-0.15, -0.1) is 0 Å². The number of fused-ring (bicyclic) bond motifs is 1. The van der Waals surface area contributed by atoms with E-state index in [1.807, 2.05) is 0 Å². The van der Waals surface area contributed by atoms with Crippen LogP contribution in [0.3, 0.4) is 0 Å². The van der Waals surface area contributed by atoms with Crippen molar-refractivity contribution in [1.82, 2.24) is 15.3 Å². The van der Waals surface area contributed by atoms with Crippen molar-refractivity contribution in [2.24, 2.45) is 0 Å². The highest BCUT2D eigenvalue weighted by Gasteiger charge is 2.17. The number of ether oxygens (including phenoxy) is 1. The lowest BCUT2D eigenvalue weighted by Gasteiger charge is -2.10. The average Bonchev–Trinajstić information content (AvgIpc) is 2.66. The number of carbonyl (C=O) groups is 2. The van der Waals surface area contributed by atoms with Gasteiger partial charge in [0, 0.05) is 11.9 Å². The van der Waals surface area contributed by atoms with E-state index in [1.54, 1.807) is 24.3 Å². The minimum absolute atomic E-state index is 0.0277. The normalized spacial score (nSPS) is 10.5. The molecule has 0 unspecified atom stereocenters. The zero-order valence-electron chi connectivity index (χ0n) is 13.8. The predicted molar refractivity (Wildman–Crippen MR) is 92.9 cm³/mol. The first-order valence-corrected chi connectivity index (χ1v) is 7.67. The number of nitrogen functional groups attached to an aromatic ring is 1. The molecule has 3 aromatic rings. The monoisotopic (exact) mass is 354 g/mol. The molecule has 0 bridgehead atoms. The maximum absolute atomic E-state index is 13.9. The molecule has 0 aliphatic carbocycles. The zero-order valence-corrected chi connectivity index (χ0v) is 13.8. The van der Waals surface area contributed by atoms with Gasteiger partial charge in [0.1, 0.15) is 17.0 Å². The van der Waals surface area contributed by atoms with Gasteiger partial charge in [-0.1, -0.05) is 30.3 Å². The molecule has 0 saturated carbocycles. The number of nitrogens with one attached hydrogen (secondary N) is 1. The molecule has 0 aliphatic heterocycles. The van der Waals surface area contributed by atoms with E-state index in [-0.39, 0.29) is 29.1 Å². The first-order valence-electron chi connectivity index (χ1n) is 7.67. The highest BCUT2D eigenvalue weighted by Crippen LogP contribution is 2.20. The van der Waals surface area contributed by atoms with Gasteiger partial charge >= 0.3 is 5.97 Å². The summed E-state index contributed by atoms with van der Waals surface area (Å²) in [5.41, 5.74) is 6.44. The van der Waals surface area contributed by atoms with Crippen LogP contribution in [0.5, 0.6) is 0 Å². The van der Waals surface area contributed by atoms with Crippen LogP contribution in [0.1, 0.15) is 26.4 Å². The Morgan fingerprint density at radius 3 is 2.69 bits per heavy atom. The van der Waals surface area contributed by atoms with Crippen LogP contribution >= 0.6 is 0 Å². The Morgan fingerprint density at radius 1 is 1.15 bits per heavy atom. The first kappa shape index (κ1) is 17.3. The van der Waals surface area contributed by atoms with E-state index >= 15 is 0 Å². The second-order valence-corrected chi connectivity index (χ2v) is 5.40. The summed E-state index contributed by atoms with van der Waals surface area (Å²) in [6.45, 7) is 0.0603. The van der Waals surface area contributed by atoms with Gasteiger partial charge in [-0.05, 0) is 17.7 Å². The van der Waals surface area contributed by atoms with Gasteiger partial charge in [0.15, 0.2) is 0 Å². The lowest BCUT2D eigenvalue weighted by molar-refractivity contribution is 0.0598. The van der Waals surface area contributed by atoms with Crippen LogP contribution in [0.15, 0.2) is 42.5 Å². The number of hydrogen-bond donors (Lipinski definition) is 2. The van der Waals surface area contributed by atoms with Gasteiger partial charge in [-0.2, -0.15) is 0 Å². The summed E-state index contributed by atoms with van der Waals surface area (Å²) < 4.78 is 18.6. The number of anilines is 1. The van der Waals surface area contributed by atoms with E-state index in [9.17, 15) is 14.0 Å². The molecular formula is C18H15FN4O3. The predicted octanol–water partition coefficient (Wildman–Crippen LogP) is 2.07. The summed E-state index contributed by atoms with van der Waals surface area (Å²) in [5.74, 6) is -1.87. The lowest BCUT2D eigenvalue weighted by Crippen LogP contribution is -2.25. The number of nitrogens with zero attached hydrogens (tertiary/aromatic N) is 2. The van der Waals surface area contributed by atoms with Gasteiger partial charge in [0.05, 0.1) is 12.7 Å². The molecule has 7 nitrogen and oxygen atoms in total. The van der Waals surface area contributed by atoms with Crippen molar-refractivity contribution in [3.8, 4) is 0 Å². The highest BCUT2D eigenvalue weighted by molar-refractivity contribution is 6.04. The van der Waals surface area contributed by atoms with E-state index < -0.39 is 17.7 Å². The largest absolute Gasteiger partial charge is 0.465 e. The fraction of sp³-hybridized carbons (Fsp3) is 0.111. The quantitative estimate of drug-likeness (QED) is 0.695. The number of benzene rings is 2. The molecule has 0 fully saturated rings. The molecule has 1 heterocycles. The summed E-state index contributed by atoms with van der Waals surface area (Å²) in [7, 11) is 1.28. The number of hydrogen-bond acceptors (Lipinski definition) is 6. The fourth-order valence-corrected chi connectivity index (χ4v) is 2.55. The van der Waals surface area contributed by atoms with Crippen LogP contribution < -0.4 is 11.1 Å². The minimum Gasteiger partial charge on any atom is -0.465 e. The Labute approximate surface area is 148 Å². The molecule has 132 valence electrons. The summed E-state index contributed by atoms with van der Waals surface area (Å²) in [5, 5.41) is 2.91. The van der Waals surface area contributed by atoms with Gasteiger partial charge < -0.3 is 15.8 Å². The van der Waals surface area contributed by atoms with Crippen LogP contribution in [0.25, 0.3) is 10.9 Å². The minimum atomic E-state index is -0.596. The number of para-hydroxylation sites is 1. The molecule has 26 heavy (non-hydrogen) atoms. The molecule has 2 aromatic carbocycles. The Balaban J connectivity index is 1.90. The van der Waals surface area contributed by atoms with Gasteiger partial charge in [0.25, 0.3) is 5.91 Å².